The van der Waals surface area contributed by atoms with Gasteiger partial charge in [-0.1, -0.05) is 60.1 Å². The molecule has 3 aromatic carbocycles. The van der Waals surface area contributed by atoms with E-state index in [1.54, 1.807) is 22.7 Å². The molecule has 130 valence electrons. The lowest BCUT2D eigenvalue weighted by Crippen LogP contribution is -1.77. The molecule has 0 unspecified atom stereocenters. The Labute approximate surface area is 172 Å². The lowest BCUT2D eigenvalue weighted by molar-refractivity contribution is 1.60. The van der Waals surface area contributed by atoms with Gasteiger partial charge in [0.25, 0.3) is 0 Å². The van der Waals surface area contributed by atoms with Gasteiger partial charge in [0.2, 0.25) is 0 Å². The van der Waals surface area contributed by atoms with Crippen molar-refractivity contribution in [1.82, 2.24) is 0 Å². The Bertz CT molecular complexity index is 1230. The van der Waals surface area contributed by atoms with E-state index in [0.717, 1.165) is 20.9 Å². The molecule has 0 N–H and O–H groups in total. The van der Waals surface area contributed by atoms with Gasteiger partial charge < -0.3 is 0 Å². The predicted molar refractivity (Wildman–Crippen MR) is 122 cm³/mol. The van der Waals surface area contributed by atoms with E-state index in [4.69, 9.17) is 0 Å². The standard InChI is InChI=1S/C26H14S2/c1-3-7-25-21(5-1)17-23(27-25)15-13-19-9-11-20(12-10-19)14-16-24-18-22-6-2-4-8-26(22)28-24/h1-12,17-18H. The van der Waals surface area contributed by atoms with Crippen LogP contribution < -0.4 is 0 Å². The van der Waals surface area contributed by atoms with E-state index in [1.165, 1.54) is 20.2 Å². The second kappa shape index (κ2) is 7.37. The van der Waals surface area contributed by atoms with Crippen molar-refractivity contribution in [2.75, 3.05) is 0 Å². The Morgan fingerprint density at radius 1 is 0.464 bits per heavy atom. The van der Waals surface area contributed by atoms with E-state index in [2.05, 4.69) is 84.3 Å². The quantitative estimate of drug-likeness (QED) is 0.252. The van der Waals surface area contributed by atoms with Crippen LogP contribution in [0.3, 0.4) is 0 Å². The Morgan fingerprint density at radius 3 is 1.32 bits per heavy atom. The normalized spacial score (nSPS) is 10.3. The van der Waals surface area contributed by atoms with Gasteiger partial charge in [0, 0.05) is 20.5 Å². The lowest BCUT2D eigenvalue weighted by atomic mass is 10.1. The Hall–Kier alpha value is -3.30. The number of benzene rings is 3. The zero-order valence-corrected chi connectivity index (χ0v) is 16.5. The average Bonchev–Trinajstić information content (AvgIpc) is 3.34. The number of thiophene rings is 2. The Balaban J connectivity index is 1.35. The lowest BCUT2D eigenvalue weighted by Gasteiger charge is -1.91. The third kappa shape index (κ3) is 3.57. The largest absolute Gasteiger partial charge is 0.127 e. The minimum absolute atomic E-state index is 1.00. The van der Waals surface area contributed by atoms with Crippen molar-refractivity contribution in [1.29, 1.82) is 0 Å². The summed E-state index contributed by atoms with van der Waals surface area (Å²) in [6, 6.07) is 29.2. The maximum absolute atomic E-state index is 3.28. The van der Waals surface area contributed by atoms with Crippen LogP contribution in [0.25, 0.3) is 20.2 Å². The molecular formula is C26H14S2. The van der Waals surface area contributed by atoms with Gasteiger partial charge in [0.05, 0.1) is 9.75 Å². The van der Waals surface area contributed by atoms with Gasteiger partial charge >= 0.3 is 0 Å². The van der Waals surface area contributed by atoms with Crippen molar-refractivity contribution in [3.63, 3.8) is 0 Å². The predicted octanol–water partition coefficient (Wildman–Crippen LogP) is 6.92. The summed E-state index contributed by atoms with van der Waals surface area (Å²) in [6.45, 7) is 0. The fraction of sp³-hybridized carbons (Fsp3) is 0. The molecule has 0 radical (unpaired) electrons. The summed E-state index contributed by atoms with van der Waals surface area (Å²) in [5, 5.41) is 2.51. The van der Waals surface area contributed by atoms with Crippen molar-refractivity contribution in [3.8, 4) is 23.7 Å². The van der Waals surface area contributed by atoms with Gasteiger partial charge in [-0.2, -0.15) is 0 Å². The van der Waals surface area contributed by atoms with E-state index in [1.807, 2.05) is 24.3 Å². The molecule has 0 amide bonds. The van der Waals surface area contributed by atoms with Gasteiger partial charge in [0.15, 0.2) is 0 Å². The van der Waals surface area contributed by atoms with E-state index < -0.39 is 0 Å². The molecule has 0 bridgehead atoms. The summed E-state index contributed by atoms with van der Waals surface area (Å²) < 4.78 is 2.55. The molecule has 0 saturated carbocycles. The van der Waals surface area contributed by atoms with Gasteiger partial charge in [0.1, 0.15) is 0 Å². The number of fused-ring (bicyclic) bond motifs is 2. The van der Waals surface area contributed by atoms with E-state index in [-0.39, 0.29) is 0 Å². The van der Waals surface area contributed by atoms with Crippen molar-refractivity contribution in [2.45, 2.75) is 0 Å². The van der Waals surface area contributed by atoms with Crippen LogP contribution in [0.15, 0.2) is 84.9 Å². The minimum atomic E-state index is 1.00. The van der Waals surface area contributed by atoms with Crippen molar-refractivity contribution < 1.29 is 0 Å². The fourth-order valence-electron chi connectivity index (χ4n) is 2.99. The molecule has 0 saturated heterocycles. The molecular weight excluding hydrogens is 376 g/mol. The first kappa shape index (κ1) is 16.8. The summed E-state index contributed by atoms with van der Waals surface area (Å²) in [4.78, 5) is 2.18. The van der Waals surface area contributed by atoms with Crippen LogP contribution >= 0.6 is 22.7 Å². The first-order valence-electron chi connectivity index (χ1n) is 8.95. The molecule has 0 spiro atoms. The minimum Gasteiger partial charge on any atom is -0.127 e. The Kier molecular flexibility index (Phi) is 4.43. The highest BCUT2D eigenvalue weighted by Crippen LogP contribution is 2.25. The van der Waals surface area contributed by atoms with Crippen LogP contribution in [0.1, 0.15) is 20.9 Å². The van der Waals surface area contributed by atoms with Crippen LogP contribution in [0.2, 0.25) is 0 Å². The van der Waals surface area contributed by atoms with Crippen LogP contribution in [-0.4, -0.2) is 0 Å². The molecule has 0 aliphatic heterocycles. The van der Waals surface area contributed by atoms with Crippen molar-refractivity contribution in [2.24, 2.45) is 0 Å². The molecule has 2 heteroatoms. The summed E-state index contributed by atoms with van der Waals surface area (Å²) in [5.41, 5.74) is 2.01. The Morgan fingerprint density at radius 2 is 0.893 bits per heavy atom. The van der Waals surface area contributed by atoms with Crippen LogP contribution in [0.5, 0.6) is 0 Å². The molecule has 5 aromatic rings. The summed E-state index contributed by atoms with van der Waals surface area (Å²) in [6.07, 6.45) is 0. The summed E-state index contributed by atoms with van der Waals surface area (Å²) in [5.74, 6) is 13.1. The molecule has 0 atom stereocenters. The first-order valence-corrected chi connectivity index (χ1v) is 10.6. The summed E-state index contributed by atoms with van der Waals surface area (Å²) in [7, 11) is 0. The second-order valence-electron chi connectivity index (χ2n) is 6.37. The highest BCUT2D eigenvalue weighted by atomic mass is 32.1. The van der Waals surface area contributed by atoms with Crippen LogP contribution in [0, 0.1) is 23.7 Å². The molecule has 2 aromatic heterocycles. The van der Waals surface area contributed by atoms with E-state index >= 15 is 0 Å². The summed E-state index contributed by atoms with van der Waals surface area (Å²) >= 11 is 3.46. The highest BCUT2D eigenvalue weighted by molar-refractivity contribution is 7.19. The SMILES string of the molecule is C(#Cc1cc2ccccc2s1)c1ccc(C#Cc2cc3ccccc3s2)cc1. The number of rotatable bonds is 0. The highest BCUT2D eigenvalue weighted by Gasteiger charge is 1.99. The molecule has 0 aliphatic rings. The van der Waals surface area contributed by atoms with E-state index in [9.17, 15) is 0 Å². The zero-order valence-electron chi connectivity index (χ0n) is 14.9. The molecule has 0 fully saturated rings. The third-order valence-electron chi connectivity index (χ3n) is 4.40. The van der Waals surface area contributed by atoms with Gasteiger partial charge in [-0.3, -0.25) is 0 Å². The molecule has 0 nitrogen and oxygen atoms in total. The van der Waals surface area contributed by atoms with Crippen molar-refractivity contribution in [3.05, 3.63) is 106 Å². The maximum Gasteiger partial charge on any atom is 0.0784 e. The average molecular weight is 391 g/mol. The topological polar surface area (TPSA) is 0 Å². The smallest absolute Gasteiger partial charge is 0.0784 e. The number of hydrogen-bond acceptors (Lipinski definition) is 2. The molecule has 5 rings (SSSR count). The maximum atomic E-state index is 3.28. The molecule has 0 aliphatic carbocycles. The fourth-order valence-corrected chi connectivity index (χ4v) is 4.82. The zero-order chi connectivity index (χ0) is 18.8. The van der Waals surface area contributed by atoms with Gasteiger partial charge in [-0.25, -0.2) is 0 Å². The van der Waals surface area contributed by atoms with E-state index in [0.29, 0.717) is 0 Å². The third-order valence-corrected chi connectivity index (χ3v) is 6.46. The first-order chi connectivity index (χ1) is 13.8. The molecule has 28 heavy (non-hydrogen) atoms. The van der Waals surface area contributed by atoms with Crippen LogP contribution in [0.4, 0.5) is 0 Å². The van der Waals surface area contributed by atoms with Crippen molar-refractivity contribution >= 4 is 42.8 Å². The van der Waals surface area contributed by atoms with Crippen LogP contribution in [-0.2, 0) is 0 Å². The van der Waals surface area contributed by atoms with Gasteiger partial charge in [-0.05, 0) is 59.3 Å². The second-order valence-corrected chi connectivity index (χ2v) is 8.54. The monoisotopic (exact) mass is 390 g/mol. The number of hydrogen-bond donors (Lipinski definition) is 0. The van der Waals surface area contributed by atoms with Gasteiger partial charge in [-0.15, -0.1) is 22.7 Å². The molecule has 2 heterocycles.